The molecule has 1 fully saturated rings. The Labute approximate surface area is 132 Å². The van der Waals surface area contributed by atoms with Gasteiger partial charge in [-0.3, -0.25) is 4.90 Å². The lowest BCUT2D eigenvalue weighted by Crippen LogP contribution is -2.66. The summed E-state index contributed by atoms with van der Waals surface area (Å²) >= 11 is 12.3. The zero-order valence-electron chi connectivity index (χ0n) is 12.8. The molecule has 1 aliphatic heterocycles. The molecule has 1 aromatic rings. The van der Waals surface area contributed by atoms with Crippen LogP contribution in [0.2, 0.25) is 10.0 Å². The molecule has 0 aromatic heterocycles. The molecule has 0 amide bonds. The zero-order valence-corrected chi connectivity index (χ0v) is 14.3. The van der Waals surface area contributed by atoms with Crippen LogP contribution in [0.1, 0.15) is 39.7 Å². The van der Waals surface area contributed by atoms with Crippen LogP contribution in [0.4, 0.5) is 0 Å². The van der Waals surface area contributed by atoms with Crippen molar-refractivity contribution >= 4 is 23.2 Å². The van der Waals surface area contributed by atoms with Gasteiger partial charge in [-0.05, 0) is 44.9 Å². The van der Waals surface area contributed by atoms with Gasteiger partial charge in [-0.1, -0.05) is 36.2 Å². The van der Waals surface area contributed by atoms with Gasteiger partial charge in [-0.2, -0.15) is 0 Å². The minimum atomic E-state index is 0.133. The van der Waals surface area contributed by atoms with Crippen LogP contribution in [0.25, 0.3) is 0 Å². The molecule has 1 N–H and O–H groups in total. The second-order valence-electron chi connectivity index (χ2n) is 6.68. The highest BCUT2D eigenvalue weighted by Gasteiger charge is 2.39. The molecule has 4 heteroatoms. The Balaban J connectivity index is 2.23. The number of hydrogen-bond acceptors (Lipinski definition) is 2. The summed E-state index contributed by atoms with van der Waals surface area (Å²) in [7, 11) is 0. The molecule has 2 nitrogen and oxygen atoms in total. The summed E-state index contributed by atoms with van der Waals surface area (Å²) < 4.78 is 0. The third-order valence-electron chi connectivity index (χ3n) is 4.44. The van der Waals surface area contributed by atoms with E-state index < -0.39 is 0 Å². The first-order chi connectivity index (χ1) is 9.26. The second-order valence-corrected chi connectivity index (χ2v) is 7.52. The Morgan fingerprint density at radius 1 is 1.25 bits per heavy atom. The first-order valence-corrected chi connectivity index (χ1v) is 7.95. The Bertz CT molecular complexity index is 487. The Morgan fingerprint density at radius 3 is 2.55 bits per heavy atom. The third kappa shape index (κ3) is 3.48. The highest BCUT2D eigenvalue weighted by atomic mass is 35.5. The highest BCUT2D eigenvalue weighted by Crippen LogP contribution is 2.30. The molecule has 1 atom stereocenters. The first-order valence-electron chi connectivity index (χ1n) is 7.20. The van der Waals surface area contributed by atoms with E-state index >= 15 is 0 Å². The van der Waals surface area contributed by atoms with Gasteiger partial charge in [0, 0.05) is 40.8 Å². The van der Waals surface area contributed by atoms with E-state index in [-0.39, 0.29) is 11.1 Å². The number of benzene rings is 1. The number of nitrogens with zero attached hydrogens (tertiary/aromatic N) is 1. The van der Waals surface area contributed by atoms with Gasteiger partial charge in [0.1, 0.15) is 0 Å². The van der Waals surface area contributed by atoms with Crippen molar-refractivity contribution in [1.29, 1.82) is 0 Å². The average Bonchev–Trinajstić information content (AvgIpc) is 2.37. The van der Waals surface area contributed by atoms with E-state index in [2.05, 4.69) is 37.9 Å². The topological polar surface area (TPSA) is 15.3 Å². The van der Waals surface area contributed by atoms with Crippen molar-refractivity contribution in [1.82, 2.24) is 10.2 Å². The maximum Gasteiger partial charge on any atom is 0.0465 e. The molecule has 1 aromatic carbocycles. The van der Waals surface area contributed by atoms with Gasteiger partial charge >= 0.3 is 0 Å². The molecule has 0 aliphatic carbocycles. The number of piperazine rings is 1. The lowest BCUT2D eigenvalue weighted by molar-refractivity contribution is 0.0175. The predicted molar refractivity (Wildman–Crippen MR) is 87.6 cm³/mol. The van der Waals surface area contributed by atoms with Crippen molar-refractivity contribution in [2.45, 2.75) is 51.7 Å². The van der Waals surface area contributed by atoms with Crippen LogP contribution in [0.3, 0.4) is 0 Å². The maximum atomic E-state index is 6.33. The number of rotatable bonds is 3. The van der Waals surface area contributed by atoms with E-state index in [0.717, 1.165) is 36.6 Å². The van der Waals surface area contributed by atoms with Crippen molar-refractivity contribution in [3.05, 3.63) is 33.8 Å². The van der Waals surface area contributed by atoms with Crippen molar-refractivity contribution in [2.24, 2.45) is 0 Å². The summed E-state index contributed by atoms with van der Waals surface area (Å²) in [5, 5.41) is 5.09. The van der Waals surface area contributed by atoms with Gasteiger partial charge in [-0.25, -0.2) is 0 Å². The van der Waals surface area contributed by atoms with E-state index in [1.54, 1.807) is 0 Å². The molecular formula is C16H24Cl2N2. The van der Waals surface area contributed by atoms with Crippen LogP contribution < -0.4 is 5.32 Å². The Hall–Kier alpha value is -0.280. The van der Waals surface area contributed by atoms with Crippen molar-refractivity contribution in [3.63, 3.8) is 0 Å². The molecular weight excluding hydrogens is 291 g/mol. The quantitative estimate of drug-likeness (QED) is 0.892. The Kier molecular flexibility index (Phi) is 4.70. The van der Waals surface area contributed by atoms with E-state index in [9.17, 15) is 0 Å². The highest BCUT2D eigenvalue weighted by molar-refractivity contribution is 6.35. The fourth-order valence-electron chi connectivity index (χ4n) is 2.72. The number of hydrogen-bond donors (Lipinski definition) is 1. The monoisotopic (exact) mass is 314 g/mol. The molecule has 20 heavy (non-hydrogen) atoms. The molecule has 112 valence electrons. The van der Waals surface area contributed by atoms with Gasteiger partial charge in [0.05, 0.1) is 0 Å². The smallest absolute Gasteiger partial charge is 0.0465 e. The molecule has 1 unspecified atom stereocenters. The van der Waals surface area contributed by atoms with E-state index in [1.807, 2.05) is 18.2 Å². The van der Waals surface area contributed by atoms with Crippen molar-refractivity contribution < 1.29 is 0 Å². The summed E-state index contributed by atoms with van der Waals surface area (Å²) in [6, 6.07) is 5.78. The van der Waals surface area contributed by atoms with Gasteiger partial charge < -0.3 is 5.32 Å². The third-order valence-corrected chi connectivity index (χ3v) is 5.02. The molecule has 0 bridgehead atoms. The normalized spacial score (nSPS) is 26.7. The molecule has 0 spiro atoms. The average molecular weight is 315 g/mol. The summed E-state index contributed by atoms with van der Waals surface area (Å²) in [5.74, 6) is 0. The Morgan fingerprint density at radius 2 is 1.95 bits per heavy atom. The lowest BCUT2D eigenvalue weighted by atomic mass is 9.87. The minimum absolute atomic E-state index is 0.133. The minimum Gasteiger partial charge on any atom is -0.309 e. The van der Waals surface area contributed by atoms with Crippen LogP contribution in [-0.2, 0) is 6.54 Å². The van der Waals surface area contributed by atoms with E-state index in [0.29, 0.717) is 5.02 Å². The molecule has 1 heterocycles. The number of halogens is 2. The standard InChI is InChI=1S/C16H24Cl2N2/c1-5-16(4)10-19-15(2,3)11-20(16)9-12-6-7-13(17)8-14(12)18/h6-8,19H,5,9-11H2,1-4H3. The maximum absolute atomic E-state index is 6.33. The van der Waals surface area contributed by atoms with Crippen molar-refractivity contribution in [2.75, 3.05) is 13.1 Å². The van der Waals surface area contributed by atoms with Crippen LogP contribution >= 0.6 is 23.2 Å². The number of nitrogens with one attached hydrogen (secondary N) is 1. The van der Waals surface area contributed by atoms with Crippen LogP contribution in [0.5, 0.6) is 0 Å². The van der Waals surface area contributed by atoms with E-state index in [1.165, 1.54) is 0 Å². The van der Waals surface area contributed by atoms with Crippen LogP contribution in [0, 0.1) is 0 Å². The summed E-state index contributed by atoms with van der Waals surface area (Å²) in [5.41, 5.74) is 1.44. The first kappa shape index (κ1) is 16.1. The molecule has 2 rings (SSSR count). The van der Waals surface area contributed by atoms with Gasteiger partial charge in [0.15, 0.2) is 0 Å². The molecule has 0 saturated carbocycles. The van der Waals surface area contributed by atoms with Gasteiger partial charge in [-0.15, -0.1) is 0 Å². The predicted octanol–water partition coefficient (Wildman–Crippen LogP) is 4.35. The molecule has 0 radical (unpaired) electrons. The van der Waals surface area contributed by atoms with Gasteiger partial charge in [0.25, 0.3) is 0 Å². The van der Waals surface area contributed by atoms with Gasteiger partial charge in [0.2, 0.25) is 0 Å². The fraction of sp³-hybridized carbons (Fsp3) is 0.625. The molecule has 1 aliphatic rings. The summed E-state index contributed by atoms with van der Waals surface area (Å²) in [4.78, 5) is 2.54. The van der Waals surface area contributed by atoms with Crippen LogP contribution in [0.15, 0.2) is 18.2 Å². The lowest BCUT2D eigenvalue weighted by Gasteiger charge is -2.51. The summed E-state index contributed by atoms with van der Waals surface area (Å²) in [6.07, 6.45) is 1.11. The second kappa shape index (κ2) is 5.84. The van der Waals surface area contributed by atoms with Crippen molar-refractivity contribution in [3.8, 4) is 0 Å². The SMILES string of the molecule is CCC1(C)CNC(C)(C)CN1Cc1ccc(Cl)cc1Cl. The largest absolute Gasteiger partial charge is 0.309 e. The zero-order chi connectivity index (χ0) is 15.0. The van der Waals surface area contributed by atoms with E-state index in [4.69, 9.17) is 23.2 Å². The summed E-state index contributed by atoms with van der Waals surface area (Å²) in [6.45, 7) is 11.9. The van der Waals surface area contributed by atoms with Crippen LogP contribution in [-0.4, -0.2) is 29.1 Å². The fourth-order valence-corrected chi connectivity index (χ4v) is 3.18. The molecule has 1 saturated heterocycles.